The molecule has 0 unspecified atom stereocenters. The van der Waals surface area contributed by atoms with Gasteiger partial charge in [0, 0.05) is 18.6 Å². The summed E-state index contributed by atoms with van der Waals surface area (Å²) in [5.74, 6) is 0.856. The van der Waals surface area contributed by atoms with E-state index in [9.17, 15) is 0 Å². The highest BCUT2D eigenvalue weighted by Crippen LogP contribution is 2.14. The minimum Gasteiger partial charge on any atom is -0.497 e. The summed E-state index contributed by atoms with van der Waals surface area (Å²) < 4.78 is 5.26. The Hall–Kier alpha value is -1.81. The van der Waals surface area contributed by atoms with E-state index in [2.05, 4.69) is 50.8 Å². The minimum atomic E-state index is 0.510. The molecule has 1 aromatic carbocycles. The summed E-state index contributed by atoms with van der Waals surface area (Å²) in [5, 5.41) is 4.33. The molecule has 0 bridgehead atoms. The van der Waals surface area contributed by atoms with Gasteiger partial charge in [-0.3, -0.25) is 4.90 Å². The van der Waals surface area contributed by atoms with Gasteiger partial charge in [0.25, 0.3) is 0 Å². The summed E-state index contributed by atoms with van der Waals surface area (Å²) in [6.07, 6.45) is 6.02. The lowest BCUT2D eigenvalue weighted by Gasteiger charge is -2.29. The first-order valence-electron chi connectivity index (χ1n) is 9.24. The number of rotatable bonds is 11. The Morgan fingerprint density at radius 1 is 1.20 bits per heavy atom. The predicted octanol–water partition coefficient (Wildman–Crippen LogP) is 5.00. The summed E-state index contributed by atoms with van der Waals surface area (Å²) in [4.78, 5) is 7.99. The van der Waals surface area contributed by atoms with Crippen molar-refractivity contribution in [3.63, 3.8) is 0 Å². The van der Waals surface area contributed by atoms with Gasteiger partial charge in [0.05, 0.1) is 12.8 Å². The molecule has 0 aromatic heterocycles. The van der Waals surface area contributed by atoms with Crippen LogP contribution in [0.1, 0.15) is 53.0 Å². The van der Waals surface area contributed by atoms with Crippen molar-refractivity contribution in [2.75, 3.05) is 20.3 Å². The van der Waals surface area contributed by atoms with Crippen LogP contribution in [0.2, 0.25) is 0 Å². The third-order valence-electron chi connectivity index (χ3n) is 4.02. The van der Waals surface area contributed by atoms with Crippen LogP contribution in [0.3, 0.4) is 0 Å². The minimum absolute atomic E-state index is 0.510. The zero-order valence-electron chi connectivity index (χ0n) is 16.7. The highest BCUT2D eigenvalue weighted by Gasteiger charge is 2.12. The number of hydrogen-bond acceptors (Lipinski definition) is 4. The summed E-state index contributed by atoms with van der Waals surface area (Å²) in [7, 11) is 1.68. The molecule has 0 fully saturated rings. The van der Waals surface area contributed by atoms with Crippen LogP contribution in [-0.4, -0.2) is 43.0 Å². The number of benzene rings is 1. The van der Waals surface area contributed by atoms with Gasteiger partial charge in [-0.2, -0.15) is 0 Å². The molecule has 0 atom stereocenters. The van der Waals surface area contributed by atoms with E-state index >= 15 is 0 Å². The molecule has 140 valence electrons. The highest BCUT2D eigenvalue weighted by molar-refractivity contribution is 5.97. The second-order valence-corrected chi connectivity index (χ2v) is 6.70. The quantitative estimate of drug-likeness (QED) is 0.321. The first-order valence-corrected chi connectivity index (χ1v) is 9.24. The fraction of sp³-hybridized carbons (Fsp3) is 0.571. The van der Waals surface area contributed by atoms with Gasteiger partial charge in [0.1, 0.15) is 12.4 Å². The van der Waals surface area contributed by atoms with E-state index in [-0.39, 0.29) is 0 Å². The maximum Gasteiger partial charge on any atom is 0.129 e. The molecule has 0 aliphatic rings. The Labute approximate surface area is 153 Å². The van der Waals surface area contributed by atoms with Gasteiger partial charge < -0.3 is 9.57 Å². The fourth-order valence-electron chi connectivity index (χ4n) is 2.74. The molecule has 0 radical (unpaired) electrons. The van der Waals surface area contributed by atoms with Crippen LogP contribution in [-0.2, 0) is 4.84 Å². The van der Waals surface area contributed by atoms with E-state index in [0.29, 0.717) is 18.7 Å². The molecule has 0 N–H and O–H groups in total. The number of methoxy groups -OCH3 is 1. The zero-order chi connectivity index (χ0) is 18.7. The van der Waals surface area contributed by atoms with Crippen LogP contribution in [0.15, 0.2) is 35.5 Å². The molecule has 4 heteroatoms. The van der Waals surface area contributed by atoms with Crippen molar-refractivity contribution in [2.45, 2.75) is 59.5 Å². The van der Waals surface area contributed by atoms with Crippen LogP contribution in [0.5, 0.6) is 5.75 Å². The van der Waals surface area contributed by atoms with Crippen molar-refractivity contribution >= 4 is 11.8 Å². The van der Waals surface area contributed by atoms with Gasteiger partial charge >= 0.3 is 0 Å². The molecule has 0 amide bonds. The van der Waals surface area contributed by atoms with E-state index in [4.69, 9.17) is 9.57 Å². The molecule has 1 rings (SSSR count). The molecular formula is C21H34N2O2. The summed E-state index contributed by atoms with van der Waals surface area (Å²) in [6, 6.07) is 9.00. The van der Waals surface area contributed by atoms with Crippen molar-refractivity contribution in [3.05, 3.63) is 35.9 Å². The predicted molar refractivity (Wildman–Crippen MR) is 107 cm³/mol. The van der Waals surface area contributed by atoms with Crippen molar-refractivity contribution in [1.29, 1.82) is 0 Å². The Bertz CT molecular complexity index is 543. The fourth-order valence-corrected chi connectivity index (χ4v) is 2.74. The van der Waals surface area contributed by atoms with Crippen LogP contribution < -0.4 is 4.74 Å². The SMILES string of the molecule is CCCC(/C=C/c1cccc(OC)c1)=N\OCCN(C(C)C)C(C)C. The number of allylic oxidation sites excluding steroid dienone is 1. The van der Waals surface area contributed by atoms with E-state index in [0.717, 1.165) is 36.4 Å². The lowest BCUT2D eigenvalue weighted by atomic mass is 10.1. The molecular weight excluding hydrogens is 312 g/mol. The standard InChI is InChI=1S/C21H34N2O2/c1-7-9-20(13-12-19-10-8-11-21(16-19)24-6)22-25-15-14-23(17(2)3)18(4)5/h8,10-13,16-18H,7,9,14-15H2,1-6H3/b13-12+,22-20+. The van der Waals surface area contributed by atoms with Crippen molar-refractivity contribution in [2.24, 2.45) is 5.16 Å². The lowest BCUT2D eigenvalue weighted by molar-refractivity contribution is 0.0827. The van der Waals surface area contributed by atoms with Gasteiger partial charge in [0.2, 0.25) is 0 Å². The average Bonchev–Trinajstić information content (AvgIpc) is 2.58. The lowest BCUT2D eigenvalue weighted by Crippen LogP contribution is -2.39. The molecule has 25 heavy (non-hydrogen) atoms. The molecule has 1 aromatic rings. The van der Waals surface area contributed by atoms with E-state index < -0.39 is 0 Å². The van der Waals surface area contributed by atoms with Crippen molar-refractivity contribution in [1.82, 2.24) is 4.90 Å². The van der Waals surface area contributed by atoms with Gasteiger partial charge in [-0.15, -0.1) is 0 Å². The average molecular weight is 347 g/mol. The van der Waals surface area contributed by atoms with Gasteiger partial charge in [-0.1, -0.05) is 36.7 Å². The maximum atomic E-state index is 5.58. The summed E-state index contributed by atoms with van der Waals surface area (Å²) in [5.41, 5.74) is 2.06. The smallest absolute Gasteiger partial charge is 0.129 e. The Balaban J connectivity index is 2.62. The molecule has 0 heterocycles. The monoisotopic (exact) mass is 346 g/mol. The molecule has 0 spiro atoms. The first-order chi connectivity index (χ1) is 12.0. The van der Waals surface area contributed by atoms with Gasteiger partial charge in [0.15, 0.2) is 0 Å². The third kappa shape index (κ3) is 8.21. The largest absolute Gasteiger partial charge is 0.497 e. The Kier molecular flexibility index (Phi) is 9.93. The number of hydrogen-bond donors (Lipinski definition) is 0. The van der Waals surface area contributed by atoms with Crippen LogP contribution in [0, 0.1) is 0 Å². The van der Waals surface area contributed by atoms with E-state index in [1.165, 1.54) is 0 Å². The number of ether oxygens (including phenoxy) is 1. The molecule has 0 saturated heterocycles. The first kappa shape index (κ1) is 21.2. The van der Waals surface area contributed by atoms with Crippen LogP contribution in [0.25, 0.3) is 6.08 Å². The van der Waals surface area contributed by atoms with Crippen molar-refractivity contribution in [3.8, 4) is 5.75 Å². The Morgan fingerprint density at radius 2 is 1.92 bits per heavy atom. The van der Waals surface area contributed by atoms with Gasteiger partial charge in [-0.25, -0.2) is 0 Å². The molecule has 0 aliphatic carbocycles. The molecule has 0 aliphatic heterocycles. The normalized spacial score (nSPS) is 12.6. The maximum absolute atomic E-state index is 5.58. The summed E-state index contributed by atoms with van der Waals surface area (Å²) in [6.45, 7) is 12.5. The molecule has 0 saturated carbocycles. The summed E-state index contributed by atoms with van der Waals surface area (Å²) >= 11 is 0. The zero-order valence-corrected chi connectivity index (χ0v) is 16.7. The Morgan fingerprint density at radius 3 is 2.52 bits per heavy atom. The van der Waals surface area contributed by atoms with Crippen molar-refractivity contribution < 1.29 is 9.57 Å². The number of nitrogens with zero attached hydrogens (tertiary/aromatic N) is 2. The third-order valence-corrected chi connectivity index (χ3v) is 4.02. The second-order valence-electron chi connectivity index (χ2n) is 6.70. The van der Waals surface area contributed by atoms with Gasteiger partial charge in [-0.05, 0) is 57.9 Å². The van der Waals surface area contributed by atoms with Crippen LogP contribution >= 0.6 is 0 Å². The highest BCUT2D eigenvalue weighted by atomic mass is 16.6. The topological polar surface area (TPSA) is 34.1 Å². The van der Waals surface area contributed by atoms with E-state index in [1.54, 1.807) is 7.11 Å². The molecule has 4 nitrogen and oxygen atoms in total. The number of oxime groups is 1. The van der Waals surface area contributed by atoms with Crippen LogP contribution in [0.4, 0.5) is 0 Å². The van der Waals surface area contributed by atoms with E-state index in [1.807, 2.05) is 30.3 Å². The second kappa shape index (κ2) is 11.7.